The summed E-state index contributed by atoms with van der Waals surface area (Å²) in [5.41, 5.74) is -12.6. The highest BCUT2D eigenvalue weighted by molar-refractivity contribution is 5.96. The summed E-state index contributed by atoms with van der Waals surface area (Å²) in [6.07, 6.45) is -14.5. The van der Waals surface area contributed by atoms with Crippen molar-refractivity contribution in [2.75, 3.05) is 13.2 Å². The molecule has 2 aliphatic heterocycles. The van der Waals surface area contributed by atoms with Crippen molar-refractivity contribution in [2.45, 2.75) is 185 Å². The van der Waals surface area contributed by atoms with Gasteiger partial charge >= 0.3 is 29.8 Å². The van der Waals surface area contributed by atoms with E-state index in [2.05, 4.69) is 0 Å². The van der Waals surface area contributed by atoms with Crippen LogP contribution in [-0.2, 0) is 57.1 Å². The van der Waals surface area contributed by atoms with E-state index in [0.717, 1.165) is 6.92 Å². The first-order chi connectivity index (χ1) is 37.6. The van der Waals surface area contributed by atoms with E-state index in [1.807, 2.05) is 0 Å². The number of rotatable bonds is 7. The molecule has 0 amide bonds. The van der Waals surface area contributed by atoms with Crippen LogP contribution in [0.2, 0.25) is 0 Å². The second-order valence-corrected chi connectivity index (χ2v) is 25.0. The number of benzene rings is 2. The van der Waals surface area contributed by atoms with E-state index < -0.39 is 158 Å². The first kappa shape index (κ1) is 59.9. The highest BCUT2D eigenvalue weighted by Crippen LogP contribution is 2.66. The number of Topliss-reactive ketones (excluding diaryl/α,β-unsaturated/α-hetero) is 2. The number of ether oxygens (including phenoxy) is 7. The summed E-state index contributed by atoms with van der Waals surface area (Å²) >= 11 is 0. The molecule has 4 saturated carbocycles. The van der Waals surface area contributed by atoms with E-state index in [-0.39, 0.29) is 61.2 Å². The Morgan fingerprint density at radius 3 is 1.26 bits per heavy atom. The van der Waals surface area contributed by atoms with E-state index in [9.17, 15) is 69.3 Å². The Morgan fingerprint density at radius 1 is 0.531 bits per heavy atom. The molecule has 440 valence electrons. The van der Waals surface area contributed by atoms with Crippen molar-refractivity contribution in [1.82, 2.24) is 0 Å². The Morgan fingerprint density at radius 2 is 0.901 bits per heavy atom. The summed E-state index contributed by atoms with van der Waals surface area (Å²) < 4.78 is 41.2. The minimum atomic E-state index is -2.11. The monoisotopic (exact) mass is 1130 g/mol. The summed E-state index contributed by atoms with van der Waals surface area (Å²) in [6, 6.07) is 16.1. The summed E-state index contributed by atoms with van der Waals surface area (Å²) in [5.74, 6) is -8.02. The Bertz CT molecular complexity index is 2990. The van der Waals surface area contributed by atoms with E-state index >= 15 is 0 Å². The largest absolute Gasteiger partial charge is 0.455 e. The predicted molar refractivity (Wildman–Crippen MR) is 280 cm³/mol. The number of aliphatic hydroxyl groups excluding tert-OH is 5. The van der Waals surface area contributed by atoms with Crippen molar-refractivity contribution >= 4 is 41.4 Å². The van der Waals surface area contributed by atoms with Gasteiger partial charge in [-0.15, -0.1) is 0 Å². The van der Waals surface area contributed by atoms with E-state index in [4.69, 9.17) is 33.2 Å². The maximum absolute atomic E-state index is 14.8. The molecule has 81 heavy (non-hydrogen) atoms. The van der Waals surface area contributed by atoms with Gasteiger partial charge in [0.25, 0.3) is 0 Å². The molecule has 2 unspecified atom stereocenters. The van der Waals surface area contributed by atoms with Crippen LogP contribution < -0.4 is 0 Å². The van der Waals surface area contributed by atoms with Crippen LogP contribution >= 0.6 is 0 Å². The number of carbonyl (C=O) groups is 7. The highest BCUT2D eigenvalue weighted by atomic mass is 16.6. The van der Waals surface area contributed by atoms with Crippen molar-refractivity contribution in [3.8, 4) is 0 Å². The number of esters is 5. The van der Waals surface area contributed by atoms with Gasteiger partial charge in [0, 0.05) is 57.3 Å². The maximum atomic E-state index is 14.8. The number of carbonyl (C=O) groups excluding carboxylic acids is 7. The summed E-state index contributed by atoms with van der Waals surface area (Å²) in [4.78, 5) is 93.7. The average Bonchev–Trinajstić information content (AvgIpc) is 3.39. The van der Waals surface area contributed by atoms with Crippen LogP contribution in [0.25, 0.3) is 0 Å². The molecule has 6 aliphatic carbocycles. The van der Waals surface area contributed by atoms with Crippen LogP contribution in [0.4, 0.5) is 0 Å². The fourth-order valence-corrected chi connectivity index (χ4v) is 15.6. The van der Waals surface area contributed by atoms with Gasteiger partial charge in [0.2, 0.25) is 0 Å². The standard InChI is InChI=1S/C31H38O11.C29H36O10/c1-15-19(34)13-31(38)26(41-27(37)18-10-8-7-9-11-18)24-29(6,20(35)12-21-30(24,14-39-21)42-17(3)33)25(36)23(40-16(2)32)22(15)28(31,4)5;1-14-17(31)12-29(36)24(38-25(35)16-9-7-6-8-10-16)22-27(5,23(34)21(33)20(14)26(29,3)4)18(32)11-19-28(22,13-37-19)39-15(2)30/h7-11,19-21,23-24,26,34-35,38H,12-14H2,1-6H3;6-10,17-19,21-22,24,31-33,36H,11-13H2,1-5H3/t19-,20-,21+,23+,24?,26-,29+,30-,31+;17-,18-,19+,21+,22?,24-,27+,28-,29+/m00/s1. The minimum Gasteiger partial charge on any atom is -0.455 e. The lowest BCUT2D eigenvalue weighted by molar-refractivity contribution is -0.345. The third-order valence-electron chi connectivity index (χ3n) is 20.2. The Hall–Kier alpha value is -5.75. The molecule has 0 radical (unpaired) electrons. The molecule has 7 N–H and O–H groups in total. The molecule has 10 rings (SSSR count). The first-order valence-corrected chi connectivity index (χ1v) is 27.3. The maximum Gasteiger partial charge on any atom is 0.338 e. The second kappa shape index (κ2) is 20.3. The SMILES string of the molecule is CC(=O)O[C@@]12CO[C@@H]1C[C@H](O)[C@@]1(C)C(=O)[C@H](O)C3=C(C)[C@@H](O)C[C@@](O)([C@@H](OC(=O)c4ccccc4)C12)C3(C)C.CC(=O)O[C@H]1C(=O)[C@@]2(C)C([C@H](OC(=O)c3ccccc3)[C@]3(O)C[C@H](O)C(C)=C1C3(C)C)[C@]1(OC(C)=O)CO[C@@H]1C[C@@H]2O. The van der Waals surface area contributed by atoms with Crippen molar-refractivity contribution < 1.29 is 102 Å². The molecular formula is C60H74O21. The third kappa shape index (κ3) is 8.60. The van der Waals surface area contributed by atoms with E-state index in [0.29, 0.717) is 11.1 Å². The number of hydrogen-bond acceptors (Lipinski definition) is 21. The molecular weight excluding hydrogens is 1060 g/mol. The zero-order chi connectivity index (χ0) is 59.7. The molecule has 21 nitrogen and oxygen atoms in total. The number of aliphatic hydroxyl groups is 7. The average molecular weight is 1130 g/mol. The second-order valence-electron chi connectivity index (χ2n) is 25.0. The minimum absolute atomic E-state index is 0.0828. The number of fused-ring (bicyclic) bond motifs is 10. The Balaban J connectivity index is 0.000000196. The van der Waals surface area contributed by atoms with Crippen LogP contribution in [0.15, 0.2) is 83.0 Å². The predicted octanol–water partition coefficient (Wildman–Crippen LogP) is 2.73. The first-order valence-electron chi connectivity index (χ1n) is 27.3. The van der Waals surface area contributed by atoms with Gasteiger partial charge in [-0.3, -0.25) is 24.0 Å². The summed E-state index contributed by atoms with van der Waals surface area (Å²) in [5, 5.41) is 82.5. The topological polar surface area (TPSA) is 326 Å². The molecule has 0 aromatic heterocycles. The van der Waals surface area contributed by atoms with E-state index in [1.54, 1.807) is 77.9 Å². The smallest absolute Gasteiger partial charge is 0.338 e. The highest BCUT2D eigenvalue weighted by Gasteiger charge is 2.80. The van der Waals surface area contributed by atoms with Crippen LogP contribution in [0.3, 0.4) is 0 Å². The van der Waals surface area contributed by atoms with E-state index in [1.165, 1.54) is 52.0 Å². The molecule has 2 heterocycles. The fraction of sp³-hybridized carbons (Fsp3) is 0.617. The normalized spacial score (nSPS) is 41.5. The lowest BCUT2D eigenvalue weighted by Gasteiger charge is -2.67. The van der Waals surface area contributed by atoms with Gasteiger partial charge < -0.3 is 68.9 Å². The van der Waals surface area contributed by atoms with Gasteiger partial charge in [-0.05, 0) is 74.3 Å². The van der Waals surface area contributed by atoms with Crippen LogP contribution in [0, 0.1) is 33.5 Å². The van der Waals surface area contributed by atoms with Gasteiger partial charge in [-0.25, -0.2) is 9.59 Å². The summed E-state index contributed by atoms with van der Waals surface area (Å²) in [7, 11) is 0. The van der Waals surface area contributed by atoms with Crippen LogP contribution in [0.5, 0.6) is 0 Å². The molecule has 0 spiro atoms. The molecule has 6 fully saturated rings. The van der Waals surface area contributed by atoms with Gasteiger partial charge in [0.1, 0.15) is 41.7 Å². The van der Waals surface area contributed by atoms with Crippen molar-refractivity contribution in [2.24, 2.45) is 33.5 Å². The molecule has 21 heteroatoms. The number of ketones is 2. The van der Waals surface area contributed by atoms with Gasteiger partial charge in [-0.1, -0.05) is 64.1 Å². The van der Waals surface area contributed by atoms with Crippen LogP contribution in [-0.4, -0.2) is 174 Å². The molecule has 2 aromatic carbocycles. The molecule has 8 aliphatic rings. The zero-order valence-corrected chi connectivity index (χ0v) is 47.3. The van der Waals surface area contributed by atoms with Crippen molar-refractivity contribution in [3.05, 3.63) is 94.1 Å². The van der Waals surface area contributed by atoms with Crippen molar-refractivity contribution in [3.63, 3.8) is 0 Å². The molecule has 2 saturated heterocycles. The van der Waals surface area contributed by atoms with Crippen molar-refractivity contribution in [1.29, 1.82) is 0 Å². The Labute approximate surface area is 468 Å². The Kier molecular flexibility index (Phi) is 15.0. The molecule has 18 atom stereocenters. The zero-order valence-electron chi connectivity index (χ0n) is 47.3. The van der Waals surface area contributed by atoms with Crippen LogP contribution in [0.1, 0.15) is 123 Å². The lowest BCUT2D eigenvalue weighted by atomic mass is 9.44. The fourth-order valence-electron chi connectivity index (χ4n) is 15.6. The summed E-state index contributed by atoms with van der Waals surface area (Å²) in [6.45, 7) is 15.7. The van der Waals surface area contributed by atoms with Gasteiger partial charge in [0.05, 0.1) is 71.4 Å². The van der Waals surface area contributed by atoms with Gasteiger partial charge in [0.15, 0.2) is 28.9 Å². The quantitative estimate of drug-likeness (QED) is 0.119. The molecule has 4 bridgehead atoms. The number of hydrogen-bond donors (Lipinski definition) is 7. The van der Waals surface area contributed by atoms with Gasteiger partial charge in [-0.2, -0.15) is 0 Å². The third-order valence-corrected chi connectivity index (χ3v) is 20.2. The lowest BCUT2D eigenvalue weighted by Crippen LogP contribution is -2.81. The molecule has 2 aromatic rings.